The number of benzene rings is 1. The summed E-state index contributed by atoms with van der Waals surface area (Å²) in [5.41, 5.74) is 0.0419. The van der Waals surface area contributed by atoms with Crippen molar-refractivity contribution in [1.29, 1.82) is 0 Å². The molecule has 0 heterocycles. The second-order valence-corrected chi connectivity index (χ2v) is 4.74. The molecule has 4 heteroatoms. The number of allylic oxidation sites excluding steroid dienone is 1. The zero-order valence-corrected chi connectivity index (χ0v) is 12.4. The van der Waals surface area contributed by atoms with E-state index in [2.05, 4.69) is 11.9 Å². The number of ether oxygens (including phenoxy) is 2. The Morgan fingerprint density at radius 2 is 2.25 bits per heavy atom. The largest absolute Gasteiger partial charge is 0.497 e. The van der Waals surface area contributed by atoms with Crippen molar-refractivity contribution in [1.82, 2.24) is 0 Å². The summed E-state index contributed by atoms with van der Waals surface area (Å²) in [4.78, 5) is 12.2. The summed E-state index contributed by atoms with van der Waals surface area (Å²) in [5.74, 6) is 0.481. The van der Waals surface area contributed by atoms with Crippen LogP contribution in [0.5, 0.6) is 5.75 Å². The van der Waals surface area contributed by atoms with Gasteiger partial charge in [0.05, 0.1) is 13.7 Å². The quantitative estimate of drug-likeness (QED) is 0.584. The van der Waals surface area contributed by atoms with Gasteiger partial charge in [0.25, 0.3) is 0 Å². The first-order valence-electron chi connectivity index (χ1n) is 6.76. The molecule has 0 aliphatic heterocycles. The van der Waals surface area contributed by atoms with Gasteiger partial charge in [0.1, 0.15) is 11.3 Å². The zero-order chi connectivity index (χ0) is 15.0. The number of nitrogens with one attached hydrogen (secondary N) is 1. The van der Waals surface area contributed by atoms with Crippen molar-refractivity contribution >= 4 is 11.7 Å². The van der Waals surface area contributed by atoms with Crippen LogP contribution in [0.2, 0.25) is 0 Å². The molecule has 0 aromatic heterocycles. The third-order valence-corrected chi connectivity index (χ3v) is 3.06. The van der Waals surface area contributed by atoms with Gasteiger partial charge in [0, 0.05) is 11.8 Å². The number of methoxy groups -OCH3 is 1. The second kappa shape index (κ2) is 7.58. The van der Waals surface area contributed by atoms with Crippen LogP contribution in [0.1, 0.15) is 26.7 Å². The van der Waals surface area contributed by atoms with E-state index in [0.29, 0.717) is 13.0 Å². The van der Waals surface area contributed by atoms with Gasteiger partial charge in [-0.15, -0.1) is 6.58 Å². The summed E-state index contributed by atoms with van der Waals surface area (Å²) in [6.45, 7) is 7.71. The average Bonchev–Trinajstić information content (AvgIpc) is 2.45. The molecule has 1 aromatic carbocycles. The average molecular weight is 277 g/mol. The molecule has 0 aliphatic rings. The van der Waals surface area contributed by atoms with Crippen LogP contribution in [0, 0.1) is 0 Å². The SMILES string of the molecule is C=CCCC(C)(Nc1cccc(OC)c1)C(=O)OCC. The lowest BCUT2D eigenvalue weighted by Crippen LogP contribution is -2.44. The fraction of sp³-hybridized carbons (Fsp3) is 0.438. The highest BCUT2D eigenvalue weighted by Crippen LogP contribution is 2.24. The molecule has 1 N–H and O–H groups in total. The summed E-state index contributed by atoms with van der Waals surface area (Å²) in [5, 5.41) is 3.25. The first-order chi connectivity index (χ1) is 9.55. The normalized spacial score (nSPS) is 13.2. The van der Waals surface area contributed by atoms with Crippen molar-refractivity contribution in [2.24, 2.45) is 0 Å². The maximum absolute atomic E-state index is 12.2. The van der Waals surface area contributed by atoms with Gasteiger partial charge < -0.3 is 14.8 Å². The van der Waals surface area contributed by atoms with Crippen molar-refractivity contribution in [3.63, 3.8) is 0 Å². The van der Waals surface area contributed by atoms with E-state index in [4.69, 9.17) is 9.47 Å². The van der Waals surface area contributed by atoms with E-state index < -0.39 is 5.54 Å². The molecule has 0 radical (unpaired) electrons. The van der Waals surface area contributed by atoms with Crippen LogP contribution in [0.3, 0.4) is 0 Å². The van der Waals surface area contributed by atoms with Crippen LogP contribution in [0.15, 0.2) is 36.9 Å². The smallest absolute Gasteiger partial charge is 0.331 e. The van der Waals surface area contributed by atoms with Gasteiger partial charge in [-0.2, -0.15) is 0 Å². The number of hydrogen-bond donors (Lipinski definition) is 1. The summed E-state index contributed by atoms with van der Waals surface area (Å²) in [7, 11) is 1.61. The Labute approximate surface area is 120 Å². The molecule has 4 nitrogen and oxygen atoms in total. The van der Waals surface area contributed by atoms with Crippen LogP contribution < -0.4 is 10.1 Å². The van der Waals surface area contributed by atoms with Gasteiger partial charge in [0.2, 0.25) is 0 Å². The van der Waals surface area contributed by atoms with Gasteiger partial charge >= 0.3 is 5.97 Å². The summed E-state index contributed by atoms with van der Waals surface area (Å²) < 4.78 is 10.4. The van der Waals surface area contributed by atoms with E-state index in [9.17, 15) is 4.79 Å². The molecular formula is C16H23NO3. The Morgan fingerprint density at radius 1 is 1.50 bits per heavy atom. The lowest BCUT2D eigenvalue weighted by Gasteiger charge is -2.29. The maximum atomic E-state index is 12.2. The van der Waals surface area contributed by atoms with Crippen molar-refractivity contribution in [3.05, 3.63) is 36.9 Å². The second-order valence-electron chi connectivity index (χ2n) is 4.74. The molecular weight excluding hydrogens is 254 g/mol. The van der Waals surface area contributed by atoms with Crippen molar-refractivity contribution in [2.75, 3.05) is 19.0 Å². The fourth-order valence-corrected chi connectivity index (χ4v) is 1.92. The number of carbonyl (C=O) groups excluding carboxylic acids is 1. The molecule has 0 amide bonds. The van der Waals surface area contributed by atoms with Gasteiger partial charge in [-0.3, -0.25) is 0 Å². The topological polar surface area (TPSA) is 47.6 Å². The summed E-state index contributed by atoms with van der Waals surface area (Å²) in [6.07, 6.45) is 3.14. The van der Waals surface area contributed by atoms with Crippen molar-refractivity contribution < 1.29 is 14.3 Å². The highest BCUT2D eigenvalue weighted by Gasteiger charge is 2.33. The molecule has 0 saturated heterocycles. The first kappa shape index (κ1) is 16.1. The highest BCUT2D eigenvalue weighted by atomic mass is 16.5. The third-order valence-electron chi connectivity index (χ3n) is 3.06. The maximum Gasteiger partial charge on any atom is 0.331 e. The van der Waals surface area contributed by atoms with Gasteiger partial charge in [-0.25, -0.2) is 4.79 Å². The Morgan fingerprint density at radius 3 is 2.85 bits per heavy atom. The van der Waals surface area contributed by atoms with Crippen LogP contribution in [0.25, 0.3) is 0 Å². The van der Waals surface area contributed by atoms with Crippen LogP contribution in [-0.4, -0.2) is 25.2 Å². The Bertz CT molecular complexity index is 459. The molecule has 110 valence electrons. The number of anilines is 1. The van der Waals surface area contributed by atoms with E-state index in [1.807, 2.05) is 31.2 Å². The molecule has 1 atom stereocenters. The molecule has 1 rings (SSSR count). The van der Waals surface area contributed by atoms with Gasteiger partial charge in [-0.05, 0) is 38.8 Å². The lowest BCUT2D eigenvalue weighted by molar-refractivity contribution is -0.148. The highest BCUT2D eigenvalue weighted by molar-refractivity contribution is 5.84. The minimum atomic E-state index is -0.781. The Balaban J connectivity index is 2.92. The van der Waals surface area contributed by atoms with E-state index in [1.54, 1.807) is 20.1 Å². The fourth-order valence-electron chi connectivity index (χ4n) is 1.92. The van der Waals surface area contributed by atoms with Crippen LogP contribution in [-0.2, 0) is 9.53 Å². The number of esters is 1. The number of hydrogen-bond acceptors (Lipinski definition) is 4. The lowest BCUT2D eigenvalue weighted by atomic mass is 9.95. The Hall–Kier alpha value is -1.97. The molecule has 20 heavy (non-hydrogen) atoms. The monoisotopic (exact) mass is 277 g/mol. The van der Waals surface area contributed by atoms with Crippen molar-refractivity contribution in [2.45, 2.75) is 32.2 Å². The van der Waals surface area contributed by atoms with Crippen LogP contribution >= 0.6 is 0 Å². The molecule has 0 saturated carbocycles. The molecule has 1 unspecified atom stereocenters. The van der Waals surface area contributed by atoms with Gasteiger partial charge in [0.15, 0.2) is 0 Å². The van der Waals surface area contributed by atoms with E-state index >= 15 is 0 Å². The molecule has 0 aliphatic carbocycles. The van der Waals surface area contributed by atoms with Crippen molar-refractivity contribution in [3.8, 4) is 5.75 Å². The van der Waals surface area contributed by atoms with E-state index in [-0.39, 0.29) is 5.97 Å². The summed E-state index contributed by atoms with van der Waals surface area (Å²) >= 11 is 0. The molecule has 0 fully saturated rings. The minimum Gasteiger partial charge on any atom is -0.497 e. The zero-order valence-electron chi connectivity index (χ0n) is 12.4. The van der Waals surface area contributed by atoms with E-state index in [0.717, 1.165) is 17.9 Å². The summed E-state index contributed by atoms with van der Waals surface area (Å²) in [6, 6.07) is 7.48. The standard InChI is InChI=1S/C16H23NO3/c1-5-7-11-16(3,15(18)20-6-2)17-13-9-8-10-14(12-13)19-4/h5,8-10,12,17H,1,6-7,11H2,2-4H3. The molecule has 0 spiro atoms. The third kappa shape index (κ3) is 4.30. The van der Waals surface area contributed by atoms with E-state index in [1.165, 1.54) is 0 Å². The Kier molecular flexibility index (Phi) is 6.10. The van der Waals surface area contributed by atoms with Gasteiger partial charge in [-0.1, -0.05) is 12.1 Å². The predicted molar refractivity (Wildman–Crippen MR) is 81.1 cm³/mol. The molecule has 1 aromatic rings. The predicted octanol–water partition coefficient (Wildman–Crippen LogP) is 3.40. The van der Waals surface area contributed by atoms with Crippen LogP contribution in [0.4, 0.5) is 5.69 Å². The minimum absolute atomic E-state index is 0.260. The first-order valence-corrected chi connectivity index (χ1v) is 6.76. The molecule has 0 bridgehead atoms. The number of rotatable bonds is 8. The number of carbonyl (C=O) groups is 1.